The van der Waals surface area contributed by atoms with Gasteiger partial charge in [0.25, 0.3) is 0 Å². The molecule has 2 rings (SSSR count). The van der Waals surface area contributed by atoms with Gasteiger partial charge in [-0.3, -0.25) is 0 Å². The second-order valence-corrected chi connectivity index (χ2v) is 2.75. The molecule has 12 heavy (non-hydrogen) atoms. The van der Waals surface area contributed by atoms with Crippen molar-refractivity contribution in [1.29, 1.82) is 0 Å². The Labute approximate surface area is 70.6 Å². The molecule has 2 heterocycles. The van der Waals surface area contributed by atoms with Crippen LogP contribution in [0.25, 0.3) is 5.52 Å². The first kappa shape index (κ1) is 7.16. The Kier molecular flexibility index (Phi) is 1.50. The maximum atomic E-state index is 5.21. The highest BCUT2D eigenvalue weighted by molar-refractivity contribution is 5.59. The van der Waals surface area contributed by atoms with E-state index in [1.54, 1.807) is 13.3 Å². The predicted molar refractivity (Wildman–Crippen MR) is 46.5 cm³/mol. The van der Waals surface area contributed by atoms with E-state index < -0.39 is 0 Å². The van der Waals surface area contributed by atoms with Gasteiger partial charge in [0.15, 0.2) is 0 Å². The third-order valence-electron chi connectivity index (χ3n) is 1.83. The molecule has 0 aliphatic carbocycles. The van der Waals surface area contributed by atoms with E-state index in [-0.39, 0.29) is 0 Å². The van der Waals surface area contributed by atoms with Crippen LogP contribution in [0.5, 0.6) is 5.75 Å². The summed E-state index contributed by atoms with van der Waals surface area (Å²) in [6, 6.07) is 3.93. The van der Waals surface area contributed by atoms with Crippen LogP contribution in [0.2, 0.25) is 0 Å². The zero-order valence-electron chi connectivity index (χ0n) is 7.11. The van der Waals surface area contributed by atoms with Crippen molar-refractivity contribution in [3.8, 4) is 5.75 Å². The molecule has 0 saturated heterocycles. The maximum absolute atomic E-state index is 5.21. The molecule has 0 amide bonds. The topological polar surface area (TPSA) is 26.5 Å². The summed E-state index contributed by atoms with van der Waals surface area (Å²) in [5.41, 5.74) is 2.14. The van der Waals surface area contributed by atoms with Crippen molar-refractivity contribution >= 4 is 5.52 Å². The molecule has 0 atom stereocenters. The Bertz CT molecular complexity index is 406. The van der Waals surface area contributed by atoms with Crippen LogP contribution in [0.1, 0.15) is 5.56 Å². The van der Waals surface area contributed by atoms with Gasteiger partial charge in [-0.25, -0.2) is 4.52 Å². The van der Waals surface area contributed by atoms with Crippen molar-refractivity contribution in [3.63, 3.8) is 0 Å². The number of ether oxygens (including phenoxy) is 1. The lowest BCUT2D eigenvalue weighted by Gasteiger charge is -2.03. The zero-order valence-corrected chi connectivity index (χ0v) is 7.11. The summed E-state index contributed by atoms with van der Waals surface area (Å²) >= 11 is 0. The van der Waals surface area contributed by atoms with Gasteiger partial charge in [0.2, 0.25) is 0 Å². The molecule has 3 heteroatoms. The lowest BCUT2D eigenvalue weighted by atomic mass is 10.3. The molecule has 0 radical (unpaired) electrons. The van der Waals surface area contributed by atoms with Gasteiger partial charge in [-0.15, -0.1) is 0 Å². The molecule has 0 aliphatic rings. The van der Waals surface area contributed by atoms with Crippen molar-refractivity contribution in [1.82, 2.24) is 9.61 Å². The van der Waals surface area contributed by atoms with E-state index in [0.717, 1.165) is 16.8 Å². The molecule has 0 saturated carbocycles. The van der Waals surface area contributed by atoms with E-state index in [1.165, 1.54) is 0 Å². The van der Waals surface area contributed by atoms with E-state index in [2.05, 4.69) is 5.10 Å². The van der Waals surface area contributed by atoms with Crippen LogP contribution in [0.3, 0.4) is 0 Å². The Hall–Kier alpha value is -1.51. The van der Waals surface area contributed by atoms with Crippen molar-refractivity contribution in [2.45, 2.75) is 6.92 Å². The van der Waals surface area contributed by atoms with Gasteiger partial charge >= 0.3 is 0 Å². The smallest absolute Gasteiger partial charge is 0.144 e. The van der Waals surface area contributed by atoms with Crippen molar-refractivity contribution in [3.05, 3.63) is 30.1 Å². The Balaban J connectivity index is 2.80. The molecule has 0 aromatic carbocycles. The van der Waals surface area contributed by atoms with Gasteiger partial charge in [0.1, 0.15) is 11.3 Å². The Morgan fingerprint density at radius 2 is 2.33 bits per heavy atom. The molecule has 0 aliphatic heterocycles. The number of methoxy groups -OCH3 is 1. The number of aryl methyl sites for hydroxylation is 1. The lowest BCUT2D eigenvalue weighted by molar-refractivity contribution is 0.417. The maximum Gasteiger partial charge on any atom is 0.144 e. The van der Waals surface area contributed by atoms with Crippen LogP contribution >= 0.6 is 0 Å². The summed E-state index contributed by atoms with van der Waals surface area (Å²) in [5, 5.41) is 4.12. The Morgan fingerprint density at radius 1 is 1.50 bits per heavy atom. The molecular weight excluding hydrogens is 152 g/mol. The van der Waals surface area contributed by atoms with E-state index >= 15 is 0 Å². The summed E-state index contributed by atoms with van der Waals surface area (Å²) in [6.45, 7) is 2.02. The minimum atomic E-state index is 0.868. The largest absolute Gasteiger partial charge is 0.494 e. The summed E-state index contributed by atoms with van der Waals surface area (Å²) in [7, 11) is 1.67. The van der Waals surface area contributed by atoms with E-state index in [1.807, 2.05) is 29.8 Å². The number of hydrogen-bond donors (Lipinski definition) is 0. The van der Waals surface area contributed by atoms with Crippen LogP contribution in [0.4, 0.5) is 0 Å². The van der Waals surface area contributed by atoms with Crippen LogP contribution in [0.15, 0.2) is 24.5 Å². The second-order valence-electron chi connectivity index (χ2n) is 2.75. The predicted octanol–water partition coefficient (Wildman–Crippen LogP) is 1.65. The molecule has 62 valence electrons. The fraction of sp³-hybridized carbons (Fsp3) is 0.222. The quantitative estimate of drug-likeness (QED) is 0.637. The first-order chi connectivity index (χ1) is 5.81. The van der Waals surface area contributed by atoms with Gasteiger partial charge in [0.05, 0.1) is 13.3 Å². The second kappa shape index (κ2) is 2.52. The number of nitrogens with zero attached hydrogens (tertiary/aromatic N) is 2. The highest BCUT2D eigenvalue weighted by Crippen LogP contribution is 2.19. The van der Waals surface area contributed by atoms with Crippen molar-refractivity contribution < 1.29 is 4.74 Å². The lowest BCUT2D eigenvalue weighted by Crippen LogP contribution is -1.92. The summed E-state index contributed by atoms with van der Waals surface area (Å²) in [6.07, 6.45) is 3.73. The number of pyridine rings is 1. The molecule has 3 nitrogen and oxygen atoms in total. The highest BCUT2D eigenvalue weighted by Gasteiger charge is 2.01. The standard InChI is InChI=1S/C9H10N2O/c1-7-5-9(12-2)8-3-4-10-11(8)6-7/h3-6H,1-2H3. The van der Waals surface area contributed by atoms with Crippen molar-refractivity contribution in [2.75, 3.05) is 7.11 Å². The monoisotopic (exact) mass is 162 g/mol. The third kappa shape index (κ3) is 0.942. The number of hydrogen-bond acceptors (Lipinski definition) is 2. The fourth-order valence-corrected chi connectivity index (χ4v) is 1.29. The van der Waals surface area contributed by atoms with Crippen molar-refractivity contribution in [2.24, 2.45) is 0 Å². The molecule has 0 bridgehead atoms. The molecule has 2 aromatic rings. The van der Waals surface area contributed by atoms with E-state index in [9.17, 15) is 0 Å². The fourth-order valence-electron chi connectivity index (χ4n) is 1.29. The van der Waals surface area contributed by atoms with Crippen LogP contribution in [-0.4, -0.2) is 16.7 Å². The highest BCUT2D eigenvalue weighted by atomic mass is 16.5. The first-order valence-electron chi connectivity index (χ1n) is 3.79. The normalized spacial score (nSPS) is 10.5. The minimum absolute atomic E-state index is 0.868. The molecular formula is C9H10N2O. The zero-order chi connectivity index (χ0) is 8.55. The number of fused-ring (bicyclic) bond motifs is 1. The van der Waals surface area contributed by atoms with Gasteiger partial charge < -0.3 is 4.74 Å². The molecule has 0 N–H and O–H groups in total. The van der Waals surface area contributed by atoms with Gasteiger partial charge in [-0.1, -0.05) is 0 Å². The van der Waals surface area contributed by atoms with Gasteiger partial charge in [0, 0.05) is 6.20 Å². The number of rotatable bonds is 1. The summed E-state index contributed by atoms with van der Waals surface area (Å²) in [4.78, 5) is 0. The average molecular weight is 162 g/mol. The number of aromatic nitrogens is 2. The summed E-state index contributed by atoms with van der Waals surface area (Å²) in [5.74, 6) is 0.868. The average Bonchev–Trinajstić information content (AvgIpc) is 2.50. The third-order valence-corrected chi connectivity index (χ3v) is 1.83. The van der Waals surface area contributed by atoms with Gasteiger partial charge in [-0.05, 0) is 24.6 Å². The molecule has 0 spiro atoms. The first-order valence-corrected chi connectivity index (χ1v) is 3.79. The van der Waals surface area contributed by atoms with E-state index in [0.29, 0.717) is 0 Å². The van der Waals surface area contributed by atoms with Crippen LogP contribution < -0.4 is 4.74 Å². The van der Waals surface area contributed by atoms with E-state index in [4.69, 9.17) is 4.74 Å². The minimum Gasteiger partial charge on any atom is -0.494 e. The van der Waals surface area contributed by atoms with Crippen LogP contribution in [-0.2, 0) is 0 Å². The van der Waals surface area contributed by atoms with Gasteiger partial charge in [-0.2, -0.15) is 5.10 Å². The molecule has 0 fully saturated rings. The molecule has 0 unspecified atom stereocenters. The Morgan fingerprint density at radius 3 is 3.08 bits per heavy atom. The molecule has 2 aromatic heterocycles. The van der Waals surface area contributed by atoms with Crippen LogP contribution in [0, 0.1) is 6.92 Å². The summed E-state index contributed by atoms with van der Waals surface area (Å²) < 4.78 is 7.02. The SMILES string of the molecule is COc1cc(C)cn2nccc12.